The maximum atomic E-state index is 13.6. The number of nitrogens with one attached hydrogen (secondary N) is 2. The van der Waals surface area contributed by atoms with E-state index in [-0.39, 0.29) is 77.8 Å². The number of piperidine rings is 1. The van der Waals surface area contributed by atoms with Crippen LogP contribution in [0.2, 0.25) is 0 Å². The number of amides is 1. The lowest BCUT2D eigenvalue weighted by Crippen LogP contribution is -2.58. The quantitative estimate of drug-likeness (QED) is 0.175. The van der Waals surface area contributed by atoms with E-state index in [9.17, 15) is 19.5 Å². The molecule has 6 rings (SSSR count). The number of aliphatic hydroxyl groups is 1. The van der Waals surface area contributed by atoms with Crippen molar-refractivity contribution in [3.63, 3.8) is 0 Å². The first-order chi connectivity index (χ1) is 23.8. The summed E-state index contributed by atoms with van der Waals surface area (Å²) in [5, 5.41) is 16.6. The highest BCUT2D eigenvalue weighted by molar-refractivity contribution is 5.88. The zero-order valence-corrected chi connectivity index (χ0v) is 31.2. The Balaban J connectivity index is 1.23. The lowest BCUT2D eigenvalue weighted by atomic mass is 9.63. The van der Waals surface area contributed by atoms with Gasteiger partial charge in [0.15, 0.2) is 0 Å². The highest BCUT2D eigenvalue weighted by Gasteiger charge is 2.62. The molecule has 0 aromatic rings. The van der Waals surface area contributed by atoms with Crippen molar-refractivity contribution in [1.82, 2.24) is 15.5 Å². The molecule has 1 amide bonds. The summed E-state index contributed by atoms with van der Waals surface area (Å²) in [5.41, 5.74) is 5.15. The number of nitrogens with two attached hydrogens (primary N) is 1. The van der Waals surface area contributed by atoms with Gasteiger partial charge in [-0.15, -0.1) is 0 Å². The zero-order valence-electron chi connectivity index (χ0n) is 31.2. The van der Waals surface area contributed by atoms with E-state index in [0.29, 0.717) is 50.1 Å². The number of esters is 2. The molecule has 4 aliphatic heterocycles. The van der Waals surface area contributed by atoms with E-state index in [4.69, 9.17) is 19.9 Å². The molecule has 8 unspecified atom stereocenters. The van der Waals surface area contributed by atoms with Gasteiger partial charge in [-0.25, -0.2) is 4.79 Å². The van der Waals surface area contributed by atoms with Crippen molar-refractivity contribution in [2.24, 2.45) is 46.7 Å². The fraction of sp³-hybridized carbons (Fsp3) is 0.872. The average molecular weight is 701 g/mol. The van der Waals surface area contributed by atoms with Crippen molar-refractivity contribution in [3.05, 3.63) is 11.6 Å². The predicted molar refractivity (Wildman–Crippen MR) is 189 cm³/mol. The molecule has 4 heterocycles. The Kier molecular flexibility index (Phi) is 11.4. The highest BCUT2D eigenvalue weighted by atomic mass is 16.6. The molecule has 0 spiro atoms. The minimum absolute atomic E-state index is 0.0796. The molecule has 11 heteroatoms. The molecular formula is C39H64N4O7. The number of fused-ring (bicyclic) bond motifs is 2. The van der Waals surface area contributed by atoms with Gasteiger partial charge in [-0.1, -0.05) is 18.9 Å². The van der Waals surface area contributed by atoms with E-state index in [1.807, 2.05) is 32.7 Å². The van der Waals surface area contributed by atoms with E-state index >= 15 is 0 Å². The highest BCUT2D eigenvalue weighted by Crippen LogP contribution is 2.58. The van der Waals surface area contributed by atoms with Crippen LogP contribution in [0.3, 0.4) is 0 Å². The topological polar surface area (TPSA) is 152 Å². The van der Waals surface area contributed by atoms with Crippen LogP contribution in [0, 0.1) is 40.9 Å². The van der Waals surface area contributed by atoms with E-state index in [2.05, 4.69) is 10.6 Å². The number of aliphatic hydroxyl groups excluding tert-OH is 1. The Morgan fingerprint density at radius 1 is 1.12 bits per heavy atom. The van der Waals surface area contributed by atoms with Crippen LogP contribution in [0.15, 0.2) is 11.6 Å². The molecule has 9 atom stereocenters. The molecule has 2 aliphatic carbocycles. The summed E-state index contributed by atoms with van der Waals surface area (Å²) < 4.78 is 19.9. The standard InChI is InChI=1S/C39H64N4O7/c1-6-24(2)35(46)50-37(3,4)39(18-27-15-33(40)42-21-29(27)16-34(45)43-22-25(23-43)20-41-5)19-28-13-26-14-30(38(11-12-44)9-7-8-10-38)36(47)48-31(26)17-32(28)49-39/h6,25-33,41-42,44H,7-23,40H2,1-5H3/t26?,27?,28?,29?,30?,31?,32?,33?,39-/m1/s1. The summed E-state index contributed by atoms with van der Waals surface area (Å²) in [6.45, 7) is 10.8. The third kappa shape index (κ3) is 7.41. The second kappa shape index (κ2) is 15.1. The summed E-state index contributed by atoms with van der Waals surface area (Å²) in [7, 11) is 1.95. The summed E-state index contributed by atoms with van der Waals surface area (Å²) in [6, 6.07) is 0. The smallest absolute Gasteiger partial charge is 0.334 e. The van der Waals surface area contributed by atoms with Crippen LogP contribution in [0.25, 0.3) is 0 Å². The molecule has 50 heavy (non-hydrogen) atoms. The second-order valence-corrected chi connectivity index (χ2v) is 17.4. The number of ether oxygens (including phenoxy) is 3. The Hall–Kier alpha value is -2.05. The second-order valence-electron chi connectivity index (χ2n) is 17.4. The maximum Gasteiger partial charge on any atom is 0.334 e. The van der Waals surface area contributed by atoms with Gasteiger partial charge in [0.25, 0.3) is 0 Å². The van der Waals surface area contributed by atoms with Gasteiger partial charge < -0.3 is 40.6 Å². The largest absolute Gasteiger partial charge is 0.462 e. The minimum atomic E-state index is -0.966. The first-order valence-electron chi connectivity index (χ1n) is 19.6. The number of nitrogens with zero attached hydrogens (tertiary/aromatic N) is 1. The molecule has 0 bridgehead atoms. The number of carbonyl (C=O) groups excluding carboxylic acids is 3. The number of carbonyl (C=O) groups is 3. The normalized spacial score (nSPS) is 37.5. The van der Waals surface area contributed by atoms with Crippen LogP contribution < -0.4 is 16.4 Å². The predicted octanol–water partition coefficient (Wildman–Crippen LogP) is 3.67. The molecule has 2 saturated carbocycles. The van der Waals surface area contributed by atoms with Gasteiger partial charge in [-0.05, 0) is 115 Å². The maximum absolute atomic E-state index is 13.6. The van der Waals surface area contributed by atoms with Gasteiger partial charge >= 0.3 is 11.9 Å². The molecular weight excluding hydrogens is 636 g/mol. The molecule has 6 fully saturated rings. The number of rotatable bonds is 12. The van der Waals surface area contributed by atoms with Crippen molar-refractivity contribution >= 4 is 17.8 Å². The molecule has 0 aromatic carbocycles. The van der Waals surface area contributed by atoms with Crippen LogP contribution in [-0.4, -0.2) is 97.3 Å². The third-order valence-electron chi connectivity index (χ3n) is 14.0. The van der Waals surface area contributed by atoms with Gasteiger partial charge in [0.05, 0.1) is 18.2 Å². The Labute approximate surface area is 299 Å². The van der Waals surface area contributed by atoms with Crippen molar-refractivity contribution < 1.29 is 33.7 Å². The van der Waals surface area contributed by atoms with Crippen LogP contribution >= 0.6 is 0 Å². The van der Waals surface area contributed by atoms with Gasteiger partial charge in [0.1, 0.15) is 17.3 Å². The Morgan fingerprint density at radius 3 is 2.54 bits per heavy atom. The SMILES string of the molecule is CC=C(C)C(=O)OC(C)(C)[C@@]1(CC2CC(N)NCC2CC(=O)N2CC(CNC)C2)CC2CC3CC(C4(CCO)CCCC4)C(=O)OC3CC2O1. The lowest BCUT2D eigenvalue weighted by molar-refractivity contribution is -0.210. The van der Waals surface area contributed by atoms with E-state index in [1.54, 1.807) is 13.0 Å². The molecule has 5 N–H and O–H groups in total. The van der Waals surface area contributed by atoms with Gasteiger partial charge in [-0.3, -0.25) is 9.59 Å². The van der Waals surface area contributed by atoms with Crippen LogP contribution in [0.4, 0.5) is 0 Å². The van der Waals surface area contributed by atoms with Crippen molar-refractivity contribution in [3.8, 4) is 0 Å². The van der Waals surface area contributed by atoms with E-state index < -0.39 is 11.2 Å². The lowest BCUT2D eigenvalue weighted by Gasteiger charge is -2.48. The summed E-state index contributed by atoms with van der Waals surface area (Å²) in [6.07, 6.45) is 10.9. The van der Waals surface area contributed by atoms with Crippen LogP contribution in [0.5, 0.6) is 0 Å². The third-order valence-corrected chi connectivity index (χ3v) is 14.0. The number of hydrogen-bond acceptors (Lipinski definition) is 10. The zero-order chi connectivity index (χ0) is 35.8. The molecule has 6 aliphatic rings. The van der Waals surface area contributed by atoms with Crippen molar-refractivity contribution in [1.29, 1.82) is 0 Å². The van der Waals surface area contributed by atoms with Gasteiger partial charge in [0, 0.05) is 57.1 Å². The first-order valence-corrected chi connectivity index (χ1v) is 19.6. The van der Waals surface area contributed by atoms with Gasteiger partial charge in [0.2, 0.25) is 5.91 Å². The Bertz CT molecular complexity index is 1280. The fourth-order valence-corrected chi connectivity index (χ4v) is 10.8. The van der Waals surface area contributed by atoms with Crippen molar-refractivity contribution in [2.45, 2.75) is 134 Å². The van der Waals surface area contributed by atoms with E-state index in [0.717, 1.165) is 64.6 Å². The van der Waals surface area contributed by atoms with Crippen LogP contribution in [-0.2, 0) is 28.6 Å². The first kappa shape index (κ1) is 37.7. The number of likely N-dealkylation sites (tertiary alicyclic amines) is 1. The number of allylic oxidation sites excluding steroid dienone is 1. The van der Waals surface area contributed by atoms with Crippen molar-refractivity contribution in [2.75, 3.05) is 39.8 Å². The summed E-state index contributed by atoms with van der Waals surface area (Å²) in [5.74, 6) is 0.716. The molecule has 4 saturated heterocycles. The molecule has 282 valence electrons. The molecule has 0 aromatic heterocycles. The number of hydrogen-bond donors (Lipinski definition) is 4. The fourth-order valence-electron chi connectivity index (χ4n) is 10.8. The average Bonchev–Trinajstić information content (AvgIpc) is 3.67. The monoisotopic (exact) mass is 700 g/mol. The summed E-state index contributed by atoms with van der Waals surface area (Å²) >= 11 is 0. The Morgan fingerprint density at radius 2 is 1.86 bits per heavy atom. The summed E-state index contributed by atoms with van der Waals surface area (Å²) in [4.78, 5) is 42.4. The molecule has 11 nitrogen and oxygen atoms in total. The molecule has 0 radical (unpaired) electrons. The van der Waals surface area contributed by atoms with E-state index in [1.165, 1.54) is 0 Å². The van der Waals surface area contributed by atoms with Gasteiger partial charge in [-0.2, -0.15) is 0 Å². The minimum Gasteiger partial charge on any atom is -0.462 e. The van der Waals surface area contributed by atoms with Crippen LogP contribution in [0.1, 0.15) is 105 Å².